The second-order valence-corrected chi connectivity index (χ2v) is 7.58. The van der Waals surface area contributed by atoms with Crippen LogP contribution in [-0.4, -0.2) is 36.0 Å². The number of piperidine rings is 3. The highest BCUT2D eigenvalue weighted by Gasteiger charge is 2.44. The fourth-order valence-electron chi connectivity index (χ4n) is 4.09. The third kappa shape index (κ3) is 4.63. The van der Waals surface area contributed by atoms with Gasteiger partial charge in [0.2, 0.25) is 0 Å². The molecule has 0 aromatic rings. The first-order valence-corrected chi connectivity index (χ1v) is 9.18. The molecule has 3 saturated heterocycles. The second kappa shape index (κ2) is 7.88. The number of rotatable bonds is 9. The summed E-state index contributed by atoms with van der Waals surface area (Å²) in [5.74, 6) is 0.847. The molecule has 3 heterocycles. The van der Waals surface area contributed by atoms with Crippen molar-refractivity contribution in [2.24, 2.45) is 5.92 Å². The molecule has 1 nitrogen and oxygen atoms in total. The van der Waals surface area contributed by atoms with Gasteiger partial charge >= 0.3 is 0 Å². The van der Waals surface area contributed by atoms with Gasteiger partial charge in [-0.2, -0.15) is 0 Å². The molecule has 0 N–H and O–H groups in total. The minimum absolute atomic E-state index is 0.483. The van der Waals surface area contributed by atoms with E-state index in [0.29, 0.717) is 5.38 Å². The maximum Gasteiger partial charge on any atom is 0.0955 e. The van der Waals surface area contributed by atoms with Gasteiger partial charge in [0.1, 0.15) is 0 Å². The lowest BCUT2D eigenvalue weighted by atomic mass is 9.85. The Morgan fingerprint density at radius 1 is 0.895 bits per heavy atom. The standard InChI is InChI=1S/C17H33ClN/c1-2-3-4-5-6-7-8-9-12-19-13-10-16(11-14-19)17(18)15-19/h16-17H,2-15H2,1H3/q+1/t16?,17-,19?/m0/s1. The van der Waals surface area contributed by atoms with Crippen LogP contribution < -0.4 is 0 Å². The summed E-state index contributed by atoms with van der Waals surface area (Å²) in [6, 6.07) is 0. The molecule has 0 amide bonds. The molecular formula is C17H33ClN+. The Balaban J connectivity index is 1.53. The van der Waals surface area contributed by atoms with E-state index in [0.717, 1.165) is 5.92 Å². The van der Waals surface area contributed by atoms with Gasteiger partial charge in [-0.15, -0.1) is 11.6 Å². The van der Waals surface area contributed by atoms with Gasteiger partial charge in [0, 0.05) is 12.8 Å². The first-order chi connectivity index (χ1) is 9.26. The zero-order valence-electron chi connectivity index (χ0n) is 12.9. The summed E-state index contributed by atoms with van der Waals surface area (Å²) in [4.78, 5) is 0. The summed E-state index contributed by atoms with van der Waals surface area (Å²) in [6.45, 7) is 7.81. The van der Waals surface area contributed by atoms with Crippen molar-refractivity contribution >= 4 is 11.6 Å². The molecule has 3 aliphatic heterocycles. The van der Waals surface area contributed by atoms with Gasteiger partial charge in [-0.25, -0.2) is 0 Å². The Hall–Kier alpha value is 0.250. The summed E-state index contributed by atoms with van der Waals surface area (Å²) in [5.41, 5.74) is 0. The Kier molecular flexibility index (Phi) is 6.49. The van der Waals surface area contributed by atoms with E-state index in [4.69, 9.17) is 11.6 Å². The number of quaternary nitrogens is 1. The minimum Gasteiger partial charge on any atom is -0.322 e. The first kappa shape index (κ1) is 15.6. The molecule has 0 radical (unpaired) electrons. The van der Waals surface area contributed by atoms with Gasteiger partial charge in [-0.05, 0) is 18.8 Å². The average molecular weight is 287 g/mol. The number of nitrogens with zero attached hydrogens (tertiary/aromatic N) is 1. The Bertz CT molecular complexity index is 246. The van der Waals surface area contributed by atoms with Crippen LogP contribution in [0.3, 0.4) is 0 Å². The van der Waals surface area contributed by atoms with E-state index in [1.165, 1.54) is 94.9 Å². The number of alkyl halides is 1. The Labute approximate surface area is 125 Å². The van der Waals surface area contributed by atoms with Gasteiger partial charge in [-0.1, -0.05) is 45.4 Å². The highest BCUT2D eigenvalue weighted by molar-refractivity contribution is 6.21. The van der Waals surface area contributed by atoms with Crippen LogP contribution in [0, 0.1) is 5.92 Å². The van der Waals surface area contributed by atoms with Crippen molar-refractivity contribution in [2.75, 3.05) is 26.2 Å². The topological polar surface area (TPSA) is 0 Å². The van der Waals surface area contributed by atoms with Crippen LogP contribution in [0.25, 0.3) is 0 Å². The molecule has 3 fully saturated rings. The van der Waals surface area contributed by atoms with Crippen LogP contribution in [0.5, 0.6) is 0 Å². The summed E-state index contributed by atoms with van der Waals surface area (Å²) < 4.78 is 1.36. The van der Waals surface area contributed by atoms with Gasteiger partial charge in [0.05, 0.1) is 31.6 Å². The highest BCUT2D eigenvalue weighted by atomic mass is 35.5. The van der Waals surface area contributed by atoms with Crippen LogP contribution in [0.15, 0.2) is 0 Å². The molecule has 2 heteroatoms. The molecular weight excluding hydrogens is 254 g/mol. The number of hydrogen-bond acceptors (Lipinski definition) is 0. The van der Waals surface area contributed by atoms with E-state index < -0.39 is 0 Å². The molecule has 112 valence electrons. The molecule has 19 heavy (non-hydrogen) atoms. The maximum absolute atomic E-state index is 6.50. The van der Waals surface area contributed by atoms with Gasteiger partial charge in [0.25, 0.3) is 0 Å². The number of unbranched alkanes of at least 4 members (excludes halogenated alkanes) is 7. The van der Waals surface area contributed by atoms with Gasteiger partial charge < -0.3 is 4.48 Å². The molecule has 0 aromatic heterocycles. The van der Waals surface area contributed by atoms with Crippen LogP contribution >= 0.6 is 11.6 Å². The Morgan fingerprint density at radius 2 is 1.47 bits per heavy atom. The predicted octanol–water partition coefficient (Wildman–Crippen LogP) is 4.97. The number of halogens is 1. The van der Waals surface area contributed by atoms with Gasteiger partial charge in [-0.3, -0.25) is 0 Å². The van der Waals surface area contributed by atoms with Crippen molar-refractivity contribution in [3.8, 4) is 0 Å². The smallest absolute Gasteiger partial charge is 0.0955 e. The van der Waals surface area contributed by atoms with Crippen molar-refractivity contribution in [3.63, 3.8) is 0 Å². The molecule has 3 rings (SSSR count). The fraction of sp³-hybridized carbons (Fsp3) is 1.00. The van der Waals surface area contributed by atoms with E-state index >= 15 is 0 Å². The van der Waals surface area contributed by atoms with Crippen molar-refractivity contribution in [3.05, 3.63) is 0 Å². The zero-order valence-corrected chi connectivity index (χ0v) is 13.6. The van der Waals surface area contributed by atoms with Crippen molar-refractivity contribution < 1.29 is 4.48 Å². The lowest BCUT2D eigenvalue weighted by Crippen LogP contribution is -2.62. The molecule has 0 unspecified atom stereocenters. The minimum atomic E-state index is 0.483. The predicted molar refractivity (Wildman–Crippen MR) is 84.7 cm³/mol. The molecule has 0 aliphatic carbocycles. The lowest BCUT2D eigenvalue weighted by Gasteiger charge is -2.51. The maximum atomic E-state index is 6.50. The van der Waals surface area contributed by atoms with E-state index in [-0.39, 0.29) is 0 Å². The summed E-state index contributed by atoms with van der Waals surface area (Å²) in [7, 11) is 0. The zero-order chi connectivity index (χ0) is 13.6. The van der Waals surface area contributed by atoms with Crippen molar-refractivity contribution in [2.45, 2.75) is 76.5 Å². The van der Waals surface area contributed by atoms with Crippen LogP contribution in [0.4, 0.5) is 0 Å². The molecule has 3 aliphatic rings. The molecule has 0 aromatic carbocycles. The summed E-state index contributed by atoms with van der Waals surface area (Å²) in [5, 5.41) is 0.483. The highest BCUT2D eigenvalue weighted by Crippen LogP contribution is 2.36. The summed E-state index contributed by atoms with van der Waals surface area (Å²) in [6.07, 6.45) is 14.3. The van der Waals surface area contributed by atoms with E-state index in [2.05, 4.69) is 6.92 Å². The fourth-order valence-corrected chi connectivity index (χ4v) is 4.64. The molecule has 0 spiro atoms. The van der Waals surface area contributed by atoms with Crippen LogP contribution in [0.1, 0.15) is 71.1 Å². The quantitative estimate of drug-likeness (QED) is 0.319. The van der Waals surface area contributed by atoms with Crippen molar-refractivity contribution in [1.29, 1.82) is 0 Å². The normalized spacial score (nSPS) is 33.8. The van der Waals surface area contributed by atoms with Gasteiger partial charge in [0.15, 0.2) is 0 Å². The first-order valence-electron chi connectivity index (χ1n) is 8.75. The van der Waals surface area contributed by atoms with Crippen LogP contribution in [0.2, 0.25) is 0 Å². The van der Waals surface area contributed by atoms with Crippen LogP contribution in [-0.2, 0) is 0 Å². The van der Waals surface area contributed by atoms with E-state index in [1.54, 1.807) is 0 Å². The molecule has 1 atom stereocenters. The number of fused-ring (bicyclic) bond motifs is 3. The second-order valence-electron chi connectivity index (χ2n) is 7.02. The Morgan fingerprint density at radius 3 is 2.05 bits per heavy atom. The molecule has 2 bridgehead atoms. The summed E-state index contributed by atoms with van der Waals surface area (Å²) >= 11 is 6.50. The number of hydrogen-bond donors (Lipinski definition) is 0. The lowest BCUT2D eigenvalue weighted by molar-refractivity contribution is -0.942. The largest absolute Gasteiger partial charge is 0.322 e. The SMILES string of the molecule is CCCCCCCCCC[N+]12CCC(CC1)[C@@H](Cl)C2. The third-order valence-corrected chi connectivity index (χ3v) is 6.00. The van der Waals surface area contributed by atoms with E-state index in [9.17, 15) is 0 Å². The third-order valence-electron chi connectivity index (χ3n) is 5.51. The average Bonchev–Trinajstić information content (AvgIpc) is 2.43. The monoisotopic (exact) mass is 286 g/mol. The van der Waals surface area contributed by atoms with E-state index in [1.807, 2.05) is 0 Å². The molecule has 0 saturated carbocycles. The van der Waals surface area contributed by atoms with Crippen molar-refractivity contribution in [1.82, 2.24) is 0 Å².